The third-order valence-corrected chi connectivity index (χ3v) is 1.84. The Kier molecular flexibility index (Phi) is 1.86. The van der Waals surface area contributed by atoms with E-state index in [4.69, 9.17) is 5.11 Å². The topological polar surface area (TPSA) is 116 Å². The van der Waals surface area contributed by atoms with Crippen LogP contribution in [0.15, 0.2) is 21.9 Å². The highest BCUT2D eigenvalue weighted by Gasteiger charge is 2.07. The number of rotatable bonds is 1. The number of aromatic amines is 2. The third-order valence-electron chi connectivity index (χ3n) is 1.84. The highest BCUT2D eigenvalue weighted by Crippen LogP contribution is 2.04. The fourth-order valence-corrected chi connectivity index (χ4v) is 1.16. The second-order valence-corrected chi connectivity index (χ2v) is 2.83. The molecule has 7 heteroatoms. The van der Waals surface area contributed by atoms with Crippen molar-refractivity contribution in [1.29, 1.82) is 0 Å². The molecule has 2 aromatic rings. The van der Waals surface area contributed by atoms with Crippen LogP contribution in [0.1, 0.15) is 10.4 Å². The zero-order valence-electron chi connectivity index (χ0n) is 7.27. The molecule has 0 fully saturated rings. The number of aromatic carboxylic acids is 1. The van der Waals surface area contributed by atoms with E-state index in [0.29, 0.717) is 0 Å². The van der Waals surface area contributed by atoms with Crippen LogP contribution in [-0.2, 0) is 0 Å². The van der Waals surface area contributed by atoms with Crippen molar-refractivity contribution >= 4 is 17.0 Å². The monoisotopic (exact) mass is 207 g/mol. The number of carbonyl (C=O) groups is 1. The molecule has 2 aromatic heterocycles. The predicted octanol–water partition coefficient (Wildman–Crippen LogP) is -0.690. The van der Waals surface area contributed by atoms with Gasteiger partial charge in [-0.15, -0.1) is 0 Å². The van der Waals surface area contributed by atoms with Gasteiger partial charge in [-0.1, -0.05) is 0 Å². The number of fused-ring (bicyclic) bond motifs is 1. The summed E-state index contributed by atoms with van der Waals surface area (Å²) in [6.45, 7) is 0. The maximum Gasteiger partial charge on any atom is 0.337 e. The molecule has 0 unspecified atom stereocenters. The molecule has 0 aliphatic rings. The van der Waals surface area contributed by atoms with Crippen molar-refractivity contribution in [2.24, 2.45) is 0 Å². The van der Waals surface area contributed by atoms with Gasteiger partial charge in [0.15, 0.2) is 0 Å². The van der Waals surface area contributed by atoms with E-state index >= 15 is 0 Å². The summed E-state index contributed by atoms with van der Waals surface area (Å²) in [6.07, 6.45) is 1.07. The number of pyridine rings is 1. The van der Waals surface area contributed by atoms with Crippen LogP contribution in [0.5, 0.6) is 0 Å². The normalized spacial score (nSPS) is 10.4. The standard InChI is InChI=1S/C8H5N3O4/c12-6-4-1-3(7(13)14)2-9-5(4)10-8(15)11-6/h1-2H,(H,13,14)(H2,9,10,11,12,15). The number of aromatic nitrogens is 3. The Labute approximate surface area is 81.4 Å². The summed E-state index contributed by atoms with van der Waals surface area (Å²) in [5.41, 5.74) is -1.39. The average molecular weight is 207 g/mol. The Morgan fingerprint density at radius 3 is 2.73 bits per heavy atom. The van der Waals surface area contributed by atoms with Crippen molar-refractivity contribution in [3.8, 4) is 0 Å². The van der Waals surface area contributed by atoms with Gasteiger partial charge in [0.2, 0.25) is 0 Å². The lowest BCUT2D eigenvalue weighted by Gasteiger charge is -1.96. The molecule has 0 amide bonds. The molecule has 15 heavy (non-hydrogen) atoms. The van der Waals surface area contributed by atoms with Gasteiger partial charge in [0.05, 0.1) is 10.9 Å². The lowest BCUT2D eigenvalue weighted by atomic mass is 10.2. The summed E-state index contributed by atoms with van der Waals surface area (Å²) >= 11 is 0. The molecule has 0 aliphatic carbocycles. The van der Waals surface area contributed by atoms with Crippen molar-refractivity contribution in [1.82, 2.24) is 15.0 Å². The van der Waals surface area contributed by atoms with Crippen molar-refractivity contribution in [3.05, 3.63) is 38.7 Å². The molecule has 0 bridgehead atoms. The quantitative estimate of drug-likeness (QED) is 0.572. The van der Waals surface area contributed by atoms with Crippen LogP contribution in [0.4, 0.5) is 0 Å². The Hall–Kier alpha value is -2.44. The van der Waals surface area contributed by atoms with Gasteiger partial charge in [0.1, 0.15) is 5.65 Å². The second-order valence-electron chi connectivity index (χ2n) is 2.83. The highest BCUT2D eigenvalue weighted by molar-refractivity contribution is 5.91. The molecule has 0 saturated heterocycles. The van der Waals surface area contributed by atoms with Gasteiger partial charge in [0, 0.05) is 6.20 Å². The van der Waals surface area contributed by atoms with Gasteiger partial charge in [-0.3, -0.25) is 14.8 Å². The molecule has 0 aliphatic heterocycles. The zero-order chi connectivity index (χ0) is 11.0. The highest BCUT2D eigenvalue weighted by atomic mass is 16.4. The summed E-state index contributed by atoms with van der Waals surface area (Å²) in [5, 5.41) is 8.70. The Morgan fingerprint density at radius 1 is 1.33 bits per heavy atom. The van der Waals surface area contributed by atoms with Crippen LogP contribution in [0.3, 0.4) is 0 Å². The van der Waals surface area contributed by atoms with Crippen molar-refractivity contribution in [2.75, 3.05) is 0 Å². The first-order chi connectivity index (χ1) is 7.08. The van der Waals surface area contributed by atoms with Crippen molar-refractivity contribution in [3.63, 3.8) is 0 Å². The largest absolute Gasteiger partial charge is 0.478 e. The molecule has 0 saturated carbocycles. The van der Waals surface area contributed by atoms with Crippen molar-refractivity contribution < 1.29 is 9.90 Å². The van der Waals surface area contributed by atoms with E-state index in [1.165, 1.54) is 0 Å². The molecular formula is C8H5N3O4. The van der Waals surface area contributed by atoms with Crippen LogP contribution in [-0.4, -0.2) is 26.0 Å². The number of hydrogen-bond acceptors (Lipinski definition) is 4. The molecule has 0 aromatic carbocycles. The van der Waals surface area contributed by atoms with Crippen LogP contribution >= 0.6 is 0 Å². The van der Waals surface area contributed by atoms with Gasteiger partial charge in [-0.2, -0.15) is 0 Å². The van der Waals surface area contributed by atoms with E-state index in [9.17, 15) is 14.4 Å². The number of carboxylic acids is 1. The number of carboxylic acid groups (broad SMARTS) is 1. The maximum absolute atomic E-state index is 11.3. The van der Waals surface area contributed by atoms with Crippen LogP contribution in [0, 0.1) is 0 Å². The third kappa shape index (κ3) is 1.50. The molecule has 0 spiro atoms. The first kappa shape index (κ1) is 9.13. The van der Waals surface area contributed by atoms with Gasteiger partial charge in [-0.05, 0) is 6.07 Å². The fourth-order valence-electron chi connectivity index (χ4n) is 1.16. The lowest BCUT2D eigenvalue weighted by molar-refractivity contribution is 0.0696. The lowest BCUT2D eigenvalue weighted by Crippen LogP contribution is -2.22. The van der Waals surface area contributed by atoms with Crippen molar-refractivity contribution in [2.45, 2.75) is 0 Å². The van der Waals surface area contributed by atoms with E-state index in [1.54, 1.807) is 0 Å². The Bertz CT molecular complexity index is 655. The van der Waals surface area contributed by atoms with E-state index in [-0.39, 0.29) is 16.6 Å². The number of H-pyrrole nitrogens is 2. The minimum atomic E-state index is -1.19. The number of nitrogens with one attached hydrogen (secondary N) is 2. The van der Waals surface area contributed by atoms with Crippen LogP contribution < -0.4 is 11.2 Å². The summed E-state index contributed by atoms with van der Waals surface area (Å²) in [5.74, 6) is -1.19. The summed E-state index contributed by atoms with van der Waals surface area (Å²) in [6, 6.07) is 1.15. The van der Waals surface area contributed by atoms with Crippen LogP contribution in [0.2, 0.25) is 0 Å². The van der Waals surface area contributed by atoms with E-state index < -0.39 is 17.2 Å². The fraction of sp³-hybridized carbons (Fsp3) is 0. The smallest absolute Gasteiger partial charge is 0.337 e. The minimum Gasteiger partial charge on any atom is -0.478 e. The minimum absolute atomic E-state index is 0.0366. The van der Waals surface area contributed by atoms with E-state index in [0.717, 1.165) is 12.3 Å². The molecule has 0 atom stereocenters. The van der Waals surface area contributed by atoms with Crippen LogP contribution in [0.25, 0.3) is 11.0 Å². The average Bonchev–Trinajstić information content (AvgIpc) is 2.16. The molecule has 7 nitrogen and oxygen atoms in total. The second kappa shape index (κ2) is 3.05. The maximum atomic E-state index is 11.3. The van der Waals surface area contributed by atoms with Gasteiger partial charge in [-0.25, -0.2) is 14.6 Å². The van der Waals surface area contributed by atoms with Gasteiger partial charge in [0.25, 0.3) is 5.56 Å². The molecule has 3 N–H and O–H groups in total. The molecule has 0 radical (unpaired) electrons. The van der Waals surface area contributed by atoms with Gasteiger partial charge >= 0.3 is 11.7 Å². The first-order valence-electron chi connectivity index (χ1n) is 3.93. The first-order valence-corrected chi connectivity index (χ1v) is 3.93. The predicted molar refractivity (Wildman–Crippen MR) is 49.9 cm³/mol. The number of hydrogen-bond donors (Lipinski definition) is 3. The summed E-state index contributed by atoms with van der Waals surface area (Å²) in [7, 11) is 0. The SMILES string of the molecule is O=C(O)c1cnc2[nH]c(=O)[nH]c(=O)c2c1. The number of nitrogens with zero attached hydrogens (tertiary/aromatic N) is 1. The van der Waals surface area contributed by atoms with E-state index in [2.05, 4.69) is 9.97 Å². The Balaban J connectivity index is 2.89. The van der Waals surface area contributed by atoms with Gasteiger partial charge < -0.3 is 5.11 Å². The Morgan fingerprint density at radius 2 is 2.07 bits per heavy atom. The summed E-state index contributed by atoms with van der Waals surface area (Å²) < 4.78 is 0. The molecular weight excluding hydrogens is 202 g/mol. The zero-order valence-corrected chi connectivity index (χ0v) is 7.27. The molecule has 2 rings (SSSR count). The molecule has 76 valence electrons. The van der Waals surface area contributed by atoms with E-state index in [1.807, 2.05) is 4.98 Å². The molecule has 2 heterocycles. The summed E-state index contributed by atoms with van der Waals surface area (Å²) in [4.78, 5) is 40.6.